The molecule has 0 aromatic rings. The van der Waals surface area contributed by atoms with Gasteiger partial charge in [0, 0.05) is 0 Å². The zero-order valence-corrected chi connectivity index (χ0v) is 19.1. The minimum absolute atomic E-state index is 0. The average Bonchev–Trinajstić information content (AvgIpc) is 1.94. The molecule has 0 unspecified atom stereocenters. The molecule has 12 N–H and O–H groups in total. The molecule has 0 fully saturated rings. The normalized spacial score (nSPS) is 11.4. The van der Waals surface area contributed by atoms with Crippen LogP contribution in [0, 0.1) is 0 Å². The van der Waals surface area contributed by atoms with E-state index in [1.54, 1.807) is 0 Å². The summed E-state index contributed by atoms with van der Waals surface area (Å²) in [6.07, 6.45) is 0. The van der Waals surface area contributed by atoms with Gasteiger partial charge in [-0.2, -0.15) is 0 Å². The van der Waals surface area contributed by atoms with Crippen LogP contribution in [0.15, 0.2) is 0 Å². The fraction of sp³-hybridized carbons (Fsp3) is 0. The van der Waals surface area contributed by atoms with Crippen LogP contribution in [-0.4, -0.2) is 58.7 Å². The molecule has 0 heterocycles. The summed E-state index contributed by atoms with van der Waals surface area (Å²) in [6.45, 7) is 0. The molecule has 0 aliphatic heterocycles. The van der Waals surface area contributed by atoms with Gasteiger partial charge in [0.05, 0.1) is 0 Å². The summed E-state index contributed by atoms with van der Waals surface area (Å²) in [4.78, 5) is 83.6. The third kappa shape index (κ3) is 22600. The summed E-state index contributed by atoms with van der Waals surface area (Å²) in [6, 6.07) is 0. The fourth-order valence-corrected chi connectivity index (χ4v) is 0. The van der Waals surface area contributed by atoms with Crippen molar-refractivity contribution in [2.75, 3.05) is 0 Å². The van der Waals surface area contributed by atoms with Crippen molar-refractivity contribution in [2.24, 2.45) is 0 Å². The predicted molar refractivity (Wildman–Crippen MR) is 80.0 cm³/mol. The number of rotatable bonds is 0. The van der Waals surface area contributed by atoms with E-state index in [1.807, 2.05) is 0 Å². The third-order valence-corrected chi connectivity index (χ3v) is 0. The van der Waals surface area contributed by atoms with Crippen molar-refractivity contribution in [1.29, 1.82) is 0 Å². The van der Waals surface area contributed by atoms with Crippen LogP contribution in [0.1, 0.15) is 1.43 Å². The van der Waals surface area contributed by atoms with Crippen molar-refractivity contribution >= 4 is 47.4 Å². The molecular weight excluding hydrogens is 595 g/mol. The first-order valence-corrected chi connectivity index (χ1v) is 13.5. The van der Waals surface area contributed by atoms with E-state index in [-0.39, 0.29) is 20.3 Å². The molecule has 0 rings (SSSR count). The molecule has 0 amide bonds. The molecular formula is H13F6LiO18P6. The maximum Gasteiger partial charge on any atom is 1.00 e. The maximum atomic E-state index is 10.4. The standard InChI is InChI=1S/6FH2O3P.Li.H/c6*1-5(2,3)4;;/h6*(H2,2,3,4);;/q;;;;;;+1;-1. The Bertz CT molecular complexity index is 486. The van der Waals surface area contributed by atoms with E-state index >= 15 is 0 Å². The minimum Gasteiger partial charge on any atom is -1.00 e. The van der Waals surface area contributed by atoms with Crippen molar-refractivity contribution < 1.29 is 132 Å². The molecule has 0 aromatic heterocycles. The molecule has 31 heteroatoms. The summed E-state index contributed by atoms with van der Waals surface area (Å²) >= 11 is 0. The van der Waals surface area contributed by atoms with E-state index in [1.165, 1.54) is 0 Å². The van der Waals surface area contributed by atoms with Gasteiger partial charge in [0.25, 0.3) is 0 Å². The topological polar surface area (TPSA) is 345 Å². The van der Waals surface area contributed by atoms with Crippen molar-refractivity contribution in [3.8, 4) is 0 Å². The summed E-state index contributed by atoms with van der Waals surface area (Å²) in [5.74, 6) is 0. The van der Waals surface area contributed by atoms with Gasteiger partial charge in [-0.1, -0.05) is 0 Å². The van der Waals surface area contributed by atoms with Crippen molar-refractivity contribution in [1.82, 2.24) is 0 Å². The predicted octanol–water partition coefficient (Wildman–Crippen LogP) is -2.59. The van der Waals surface area contributed by atoms with E-state index in [2.05, 4.69) is 0 Å². The van der Waals surface area contributed by atoms with Crippen LogP contribution in [-0.2, 0) is 27.4 Å². The van der Waals surface area contributed by atoms with Crippen molar-refractivity contribution in [3.05, 3.63) is 0 Å². The molecule has 31 heavy (non-hydrogen) atoms. The quantitative estimate of drug-likeness (QED) is 0.0762. The second kappa shape index (κ2) is 20.5. The average molecular weight is 608 g/mol. The molecule has 0 atom stereocenters. The fourth-order valence-electron chi connectivity index (χ4n) is 0. The van der Waals surface area contributed by atoms with E-state index in [0.717, 1.165) is 0 Å². The van der Waals surface area contributed by atoms with Gasteiger partial charge in [0.2, 0.25) is 0 Å². The van der Waals surface area contributed by atoms with Crippen LogP contribution in [0.4, 0.5) is 25.2 Å². The van der Waals surface area contributed by atoms with Gasteiger partial charge in [-0.05, 0) is 0 Å². The van der Waals surface area contributed by atoms with Gasteiger partial charge in [-0.3, -0.25) is 58.7 Å². The first-order valence-electron chi connectivity index (χ1n) is 4.51. The SMILES string of the molecule is O=P(O)(O)F.O=P(O)(O)F.O=P(O)(O)F.O=P(O)(O)F.O=P(O)(O)F.O=P(O)(O)F.[H-].[Li+]. The van der Waals surface area contributed by atoms with Gasteiger partial charge in [-0.25, -0.2) is 27.4 Å². The van der Waals surface area contributed by atoms with Crippen LogP contribution in [0.25, 0.3) is 0 Å². The summed E-state index contributed by atoms with van der Waals surface area (Å²) in [5, 5.41) is 0. The van der Waals surface area contributed by atoms with Gasteiger partial charge < -0.3 is 1.43 Å². The zero-order valence-electron chi connectivity index (χ0n) is 14.8. The molecule has 0 saturated heterocycles. The summed E-state index contributed by atoms with van der Waals surface area (Å²) in [7, 11) is -30.8. The summed E-state index contributed by atoms with van der Waals surface area (Å²) in [5.41, 5.74) is 0. The number of hydrogen-bond donors (Lipinski definition) is 12. The van der Waals surface area contributed by atoms with Crippen LogP contribution in [0.3, 0.4) is 0 Å². The molecule has 0 aromatic carbocycles. The van der Waals surface area contributed by atoms with Gasteiger partial charge >= 0.3 is 66.3 Å². The Labute approximate surface area is 179 Å². The first kappa shape index (κ1) is 49.3. The Morgan fingerprint density at radius 1 is 0.323 bits per heavy atom. The minimum atomic E-state index is -5.14. The van der Waals surface area contributed by atoms with E-state index in [0.29, 0.717) is 0 Å². The second-order valence-electron chi connectivity index (χ2n) is 2.84. The van der Waals surface area contributed by atoms with E-state index in [4.69, 9.17) is 86.1 Å². The largest absolute Gasteiger partial charge is 1.00 e. The van der Waals surface area contributed by atoms with Crippen LogP contribution in [0.2, 0.25) is 0 Å². The Balaban J connectivity index is -0.0000000356. The molecule has 0 radical (unpaired) electrons. The van der Waals surface area contributed by atoms with Crippen molar-refractivity contribution in [2.45, 2.75) is 0 Å². The van der Waals surface area contributed by atoms with E-state index < -0.39 is 47.4 Å². The van der Waals surface area contributed by atoms with Crippen LogP contribution < -0.4 is 18.9 Å². The molecule has 0 aliphatic carbocycles. The number of halogens is 6. The monoisotopic (exact) mass is 608 g/mol. The van der Waals surface area contributed by atoms with E-state index in [9.17, 15) is 25.2 Å². The van der Waals surface area contributed by atoms with Crippen LogP contribution in [0.5, 0.6) is 0 Å². The Morgan fingerprint density at radius 2 is 0.323 bits per heavy atom. The van der Waals surface area contributed by atoms with Gasteiger partial charge in [0.15, 0.2) is 0 Å². The molecule has 0 bridgehead atoms. The second-order valence-corrected chi connectivity index (χ2v) is 8.51. The Hall–Kier alpha value is 1.08. The summed E-state index contributed by atoms with van der Waals surface area (Å²) < 4.78 is 114. The molecule has 18 nitrogen and oxygen atoms in total. The molecule has 0 saturated carbocycles. The first-order chi connectivity index (χ1) is 12.0. The molecule has 0 spiro atoms. The molecule has 194 valence electrons. The van der Waals surface area contributed by atoms with Crippen LogP contribution >= 0.6 is 47.4 Å². The van der Waals surface area contributed by atoms with Crippen molar-refractivity contribution in [3.63, 3.8) is 0 Å². The van der Waals surface area contributed by atoms with Gasteiger partial charge in [0.1, 0.15) is 0 Å². The third-order valence-electron chi connectivity index (χ3n) is 0. The Morgan fingerprint density at radius 3 is 0.323 bits per heavy atom. The molecule has 0 aliphatic rings. The maximum absolute atomic E-state index is 10.4. The zero-order chi connectivity index (χ0) is 27.0. The number of hydrogen-bond acceptors (Lipinski definition) is 6. The van der Waals surface area contributed by atoms with Gasteiger partial charge in [-0.15, -0.1) is 25.2 Å². The Kier molecular flexibility index (Phi) is 32.5. The smallest absolute Gasteiger partial charge is 1.00 e.